The Balaban J connectivity index is 2.08. The number of carbonyl (C=O) groups is 1. The zero-order valence-corrected chi connectivity index (χ0v) is 12.4. The molecule has 1 aliphatic carbocycles. The fourth-order valence-electron chi connectivity index (χ4n) is 3.40. The maximum atomic E-state index is 12.1. The van der Waals surface area contributed by atoms with Crippen LogP contribution in [0, 0.1) is 0 Å². The molecule has 0 saturated carbocycles. The summed E-state index contributed by atoms with van der Waals surface area (Å²) in [6, 6.07) is 15.4. The zero-order valence-electron chi connectivity index (χ0n) is 11.7. The molecule has 0 heterocycles. The summed E-state index contributed by atoms with van der Waals surface area (Å²) in [6.45, 7) is 0. The third-order valence-electron chi connectivity index (χ3n) is 4.39. The third kappa shape index (κ3) is 2.56. The van der Waals surface area contributed by atoms with Crippen molar-refractivity contribution < 1.29 is 9.90 Å². The van der Waals surface area contributed by atoms with E-state index >= 15 is 0 Å². The highest BCUT2D eigenvalue weighted by Crippen LogP contribution is 2.40. The molecule has 3 rings (SSSR count). The van der Waals surface area contributed by atoms with E-state index in [2.05, 4.69) is 0 Å². The van der Waals surface area contributed by atoms with Gasteiger partial charge in [-0.05, 0) is 54.5 Å². The average Bonchev–Trinajstić information content (AvgIpc) is 2.47. The molecular weight excluding hydrogens is 284 g/mol. The van der Waals surface area contributed by atoms with E-state index in [1.54, 1.807) is 0 Å². The SMILES string of the molecule is O=C(O)C1(Cc2cccc(Cl)c2)CCCc2ccccc21. The van der Waals surface area contributed by atoms with Gasteiger partial charge >= 0.3 is 5.97 Å². The van der Waals surface area contributed by atoms with E-state index in [0.29, 0.717) is 17.9 Å². The molecule has 2 aromatic carbocycles. The van der Waals surface area contributed by atoms with E-state index in [4.69, 9.17) is 11.6 Å². The minimum Gasteiger partial charge on any atom is -0.481 e. The molecule has 21 heavy (non-hydrogen) atoms. The van der Waals surface area contributed by atoms with Crippen LogP contribution < -0.4 is 0 Å². The van der Waals surface area contributed by atoms with Crippen LogP contribution in [0.5, 0.6) is 0 Å². The molecule has 0 fully saturated rings. The normalized spacial score (nSPS) is 20.8. The number of halogens is 1. The van der Waals surface area contributed by atoms with Crippen molar-refractivity contribution in [3.63, 3.8) is 0 Å². The van der Waals surface area contributed by atoms with Gasteiger partial charge < -0.3 is 5.11 Å². The van der Waals surface area contributed by atoms with Crippen molar-refractivity contribution >= 4 is 17.6 Å². The number of hydrogen-bond acceptors (Lipinski definition) is 1. The molecule has 2 aromatic rings. The van der Waals surface area contributed by atoms with Gasteiger partial charge in [0.25, 0.3) is 0 Å². The summed E-state index contributed by atoms with van der Waals surface area (Å²) in [6.07, 6.45) is 3.02. The molecule has 1 atom stereocenters. The highest BCUT2D eigenvalue weighted by molar-refractivity contribution is 6.30. The lowest BCUT2D eigenvalue weighted by molar-refractivity contribution is -0.144. The molecule has 0 amide bonds. The van der Waals surface area contributed by atoms with Gasteiger partial charge in [0.1, 0.15) is 0 Å². The highest BCUT2D eigenvalue weighted by Gasteiger charge is 2.43. The maximum Gasteiger partial charge on any atom is 0.314 e. The summed E-state index contributed by atoms with van der Waals surface area (Å²) in [4.78, 5) is 12.1. The molecule has 1 unspecified atom stereocenters. The van der Waals surface area contributed by atoms with Crippen LogP contribution in [-0.4, -0.2) is 11.1 Å². The van der Waals surface area contributed by atoms with E-state index < -0.39 is 11.4 Å². The van der Waals surface area contributed by atoms with Crippen molar-refractivity contribution in [3.05, 3.63) is 70.2 Å². The summed E-state index contributed by atoms with van der Waals surface area (Å²) in [7, 11) is 0. The molecule has 0 saturated heterocycles. The Bertz CT molecular complexity index is 680. The summed E-state index contributed by atoms with van der Waals surface area (Å²) in [5, 5.41) is 10.6. The van der Waals surface area contributed by atoms with Gasteiger partial charge in [-0.15, -0.1) is 0 Å². The number of carboxylic acid groups (broad SMARTS) is 1. The van der Waals surface area contributed by atoms with E-state index in [0.717, 1.165) is 29.5 Å². The molecule has 108 valence electrons. The number of aliphatic carboxylic acids is 1. The lowest BCUT2D eigenvalue weighted by atomic mass is 9.67. The molecule has 0 aliphatic heterocycles. The van der Waals surface area contributed by atoms with Crippen LogP contribution >= 0.6 is 11.6 Å². The summed E-state index contributed by atoms with van der Waals surface area (Å²) < 4.78 is 0. The summed E-state index contributed by atoms with van der Waals surface area (Å²) in [5.41, 5.74) is 2.26. The van der Waals surface area contributed by atoms with Crippen molar-refractivity contribution in [1.82, 2.24) is 0 Å². The first-order valence-corrected chi connectivity index (χ1v) is 7.56. The molecule has 0 spiro atoms. The molecule has 0 aromatic heterocycles. The maximum absolute atomic E-state index is 12.1. The molecule has 1 N–H and O–H groups in total. The molecule has 1 aliphatic rings. The molecule has 0 radical (unpaired) electrons. The van der Waals surface area contributed by atoms with Crippen LogP contribution in [0.4, 0.5) is 0 Å². The van der Waals surface area contributed by atoms with Crippen LogP contribution in [0.15, 0.2) is 48.5 Å². The van der Waals surface area contributed by atoms with Gasteiger partial charge in [0.15, 0.2) is 0 Å². The predicted molar refractivity (Wildman–Crippen MR) is 83.8 cm³/mol. The van der Waals surface area contributed by atoms with Gasteiger partial charge in [-0.2, -0.15) is 0 Å². The van der Waals surface area contributed by atoms with Crippen molar-refractivity contribution in [2.75, 3.05) is 0 Å². The Labute approximate surface area is 129 Å². The zero-order chi connectivity index (χ0) is 14.9. The van der Waals surface area contributed by atoms with E-state index in [1.807, 2.05) is 48.5 Å². The van der Waals surface area contributed by atoms with Crippen LogP contribution in [0.3, 0.4) is 0 Å². The topological polar surface area (TPSA) is 37.3 Å². The number of aryl methyl sites for hydroxylation is 1. The predicted octanol–water partition coefficient (Wildman–Crippen LogP) is 4.24. The fraction of sp³-hybridized carbons (Fsp3) is 0.278. The first kappa shape index (κ1) is 14.2. The van der Waals surface area contributed by atoms with Crippen molar-refractivity contribution in [3.8, 4) is 0 Å². The second kappa shape index (κ2) is 5.53. The summed E-state index contributed by atoms with van der Waals surface area (Å²) >= 11 is 6.04. The van der Waals surface area contributed by atoms with Crippen molar-refractivity contribution in [2.24, 2.45) is 0 Å². The minimum absolute atomic E-state index is 0.486. The van der Waals surface area contributed by atoms with Crippen LogP contribution in [0.1, 0.15) is 29.5 Å². The van der Waals surface area contributed by atoms with E-state index in [9.17, 15) is 9.90 Å². The van der Waals surface area contributed by atoms with Gasteiger partial charge in [-0.1, -0.05) is 48.0 Å². The Hall–Kier alpha value is -1.80. The Morgan fingerprint density at radius 1 is 1.19 bits per heavy atom. The van der Waals surface area contributed by atoms with Crippen molar-refractivity contribution in [1.29, 1.82) is 0 Å². The first-order valence-electron chi connectivity index (χ1n) is 7.18. The largest absolute Gasteiger partial charge is 0.481 e. The number of benzene rings is 2. The van der Waals surface area contributed by atoms with E-state index in [1.165, 1.54) is 0 Å². The van der Waals surface area contributed by atoms with Crippen LogP contribution in [0.2, 0.25) is 5.02 Å². The molecular formula is C18H17ClO2. The van der Waals surface area contributed by atoms with Gasteiger partial charge in [-0.25, -0.2) is 0 Å². The first-order chi connectivity index (χ1) is 10.1. The Morgan fingerprint density at radius 2 is 2.00 bits per heavy atom. The third-order valence-corrected chi connectivity index (χ3v) is 4.62. The smallest absolute Gasteiger partial charge is 0.314 e. The fourth-order valence-corrected chi connectivity index (χ4v) is 3.61. The second-order valence-electron chi connectivity index (χ2n) is 5.70. The quantitative estimate of drug-likeness (QED) is 0.920. The van der Waals surface area contributed by atoms with Gasteiger partial charge in [0.2, 0.25) is 0 Å². The highest BCUT2D eigenvalue weighted by atomic mass is 35.5. The van der Waals surface area contributed by atoms with Crippen LogP contribution in [-0.2, 0) is 23.1 Å². The second-order valence-corrected chi connectivity index (χ2v) is 6.14. The van der Waals surface area contributed by atoms with Crippen molar-refractivity contribution in [2.45, 2.75) is 31.1 Å². The Morgan fingerprint density at radius 3 is 2.76 bits per heavy atom. The number of rotatable bonds is 3. The van der Waals surface area contributed by atoms with Gasteiger partial charge in [-0.3, -0.25) is 4.79 Å². The monoisotopic (exact) mass is 300 g/mol. The molecule has 2 nitrogen and oxygen atoms in total. The van der Waals surface area contributed by atoms with E-state index in [-0.39, 0.29) is 0 Å². The lowest BCUT2D eigenvalue weighted by Gasteiger charge is -2.35. The average molecular weight is 301 g/mol. The lowest BCUT2D eigenvalue weighted by Crippen LogP contribution is -2.41. The van der Waals surface area contributed by atoms with Gasteiger partial charge in [0.05, 0.1) is 5.41 Å². The number of carboxylic acids is 1. The van der Waals surface area contributed by atoms with Crippen LogP contribution in [0.25, 0.3) is 0 Å². The van der Waals surface area contributed by atoms with Gasteiger partial charge in [0, 0.05) is 5.02 Å². The minimum atomic E-state index is -0.834. The summed E-state index contributed by atoms with van der Waals surface area (Å²) in [5.74, 6) is -0.741. The number of hydrogen-bond donors (Lipinski definition) is 1. The Kier molecular flexibility index (Phi) is 3.73. The molecule has 0 bridgehead atoms. The standard InChI is InChI=1S/C18H17ClO2/c19-15-8-3-5-13(11-15)12-18(17(20)21)10-4-7-14-6-1-2-9-16(14)18/h1-3,5-6,8-9,11H,4,7,10,12H2,(H,20,21). The molecule has 3 heteroatoms. The number of fused-ring (bicyclic) bond motifs is 1.